The zero-order valence-corrected chi connectivity index (χ0v) is 11.3. The topological polar surface area (TPSA) is 12.0 Å². The lowest BCUT2D eigenvalue weighted by molar-refractivity contribution is 0.603. The molecular formula is C16H23N. The van der Waals surface area contributed by atoms with Crippen molar-refractivity contribution >= 4 is 0 Å². The maximum atomic E-state index is 3.54. The number of allylic oxidation sites excluding steroid dienone is 3. The van der Waals surface area contributed by atoms with Gasteiger partial charge in [-0.1, -0.05) is 70.2 Å². The molecule has 0 saturated carbocycles. The Hall–Kier alpha value is -1.50. The van der Waals surface area contributed by atoms with Gasteiger partial charge < -0.3 is 5.32 Å². The van der Waals surface area contributed by atoms with Crippen molar-refractivity contribution in [3.63, 3.8) is 0 Å². The van der Waals surface area contributed by atoms with E-state index in [4.69, 9.17) is 0 Å². The van der Waals surface area contributed by atoms with E-state index >= 15 is 0 Å². The molecule has 0 spiro atoms. The van der Waals surface area contributed by atoms with Crippen LogP contribution in [0.1, 0.15) is 39.3 Å². The van der Waals surface area contributed by atoms with Crippen LogP contribution in [0.2, 0.25) is 0 Å². The number of rotatable bonds is 2. The summed E-state index contributed by atoms with van der Waals surface area (Å²) in [5.41, 5.74) is 2.63. The van der Waals surface area contributed by atoms with Crippen LogP contribution in [-0.4, -0.2) is 0 Å². The summed E-state index contributed by atoms with van der Waals surface area (Å²) >= 11 is 0. The third kappa shape index (κ3) is 3.77. The predicted molar refractivity (Wildman–Crippen MR) is 75.7 cm³/mol. The van der Waals surface area contributed by atoms with Crippen LogP contribution in [0.5, 0.6) is 0 Å². The lowest BCUT2D eigenvalue weighted by Gasteiger charge is -2.24. The van der Waals surface area contributed by atoms with Crippen LogP contribution in [0.15, 0.2) is 54.3 Å². The second kappa shape index (κ2) is 6.95. The van der Waals surface area contributed by atoms with E-state index in [1.165, 1.54) is 11.3 Å². The molecule has 1 heterocycles. The summed E-state index contributed by atoms with van der Waals surface area (Å²) < 4.78 is 0. The SMILES string of the molecule is CC.CC(C)C1=CC=CC(c2ccccc2)N1. The molecule has 1 N–H and O–H groups in total. The van der Waals surface area contributed by atoms with E-state index in [-0.39, 0.29) is 0 Å². The Labute approximate surface area is 105 Å². The van der Waals surface area contributed by atoms with Gasteiger partial charge in [0.25, 0.3) is 0 Å². The summed E-state index contributed by atoms with van der Waals surface area (Å²) in [6, 6.07) is 10.9. The molecule has 1 heteroatoms. The molecule has 0 aromatic heterocycles. The first-order chi connectivity index (χ1) is 8.27. The van der Waals surface area contributed by atoms with Gasteiger partial charge in [0.15, 0.2) is 0 Å². The standard InChI is InChI=1S/C14H17N.C2H6/c1-11(2)13-9-6-10-14(15-13)12-7-4-3-5-8-12;1-2/h3-11,14-15H,1-2H3;1-2H3. The molecule has 1 aromatic rings. The molecule has 1 atom stereocenters. The van der Waals surface area contributed by atoms with Gasteiger partial charge in [-0.05, 0) is 17.6 Å². The first-order valence-electron chi connectivity index (χ1n) is 6.47. The normalized spacial score (nSPS) is 17.9. The van der Waals surface area contributed by atoms with E-state index in [0.29, 0.717) is 12.0 Å². The highest BCUT2D eigenvalue weighted by Gasteiger charge is 2.13. The zero-order valence-electron chi connectivity index (χ0n) is 11.3. The summed E-state index contributed by atoms with van der Waals surface area (Å²) in [7, 11) is 0. The predicted octanol–water partition coefficient (Wildman–Crippen LogP) is 4.45. The van der Waals surface area contributed by atoms with Crippen molar-refractivity contribution < 1.29 is 0 Å². The Morgan fingerprint density at radius 2 is 1.71 bits per heavy atom. The summed E-state index contributed by atoms with van der Waals surface area (Å²) in [5, 5.41) is 3.54. The smallest absolute Gasteiger partial charge is 0.0698 e. The van der Waals surface area contributed by atoms with Crippen molar-refractivity contribution in [3.05, 3.63) is 59.8 Å². The Bertz CT molecular complexity index is 374. The van der Waals surface area contributed by atoms with Gasteiger partial charge in [0.2, 0.25) is 0 Å². The highest BCUT2D eigenvalue weighted by molar-refractivity contribution is 5.30. The van der Waals surface area contributed by atoms with Crippen LogP contribution in [0.4, 0.5) is 0 Å². The van der Waals surface area contributed by atoms with Gasteiger partial charge in [-0.15, -0.1) is 0 Å². The average molecular weight is 229 g/mol. The Balaban J connectivity index is 0.000000686. The molecule has 0 aliphatic carbocycles. The molecule has 1 aromatic carbocycles. The maximum Gasteiger partial charge on any atom is 0.0698 e. The molecule has 0 radical (unpaired) electrons. The summed E-state index contributed by atoms with van der Waals surface area (Å²) in [6.07, 6.45) is 6.49. The molecular weight excluding hydrogens is 206 g/mol. The summed E-state index contributed by atoms with van der Waals surface area (Å²) in [4.78, 5) is 0. The minimum atomic E-state index is 0.327. The number of nitrogens with one attached hydrogen (secondary N) is 1. The fourth-order valence-corrected chi connectivity index (χ4v) is 1.76. The minimum Gasteiger partial charge on any atom is -0.378 e. The molecule has 92 valence electrons. The molecule has 0 fully saturated rings. The van der Waals surface area contributed by atoms with E-state index < -0.39 is 0 Å². The van der Waals surface area contributed by atoms with Crippen LogP contribution in [0, 0.1) is 5.92 Å². The van der Waals surface area contributed by atoms with Crippen molar-refractivity contribution in [3.8, 4) is 0 Å². The monoisotopic (exact) mass is 229 g/mol. The highest BCUT2D eigenvalue weighted by Crippen LogP contribution is 2.21. The van der Waals surface area contributed by atoms with Gasteiger partial charge in [0, 0.05) is 5.70 Å². The average Bonchev–Trinajstić information content (AvgIpc) is 2.42. The van der Waals surface area contributed by atoms with Gasteiger partial charge in [0.05, 0.1) is 6.04 Å². The van der Waals surface area contributed by atoms with Crippen molar-refractivity contribution in [1.82, 2.24) is 5.32 Å². The Morgan fingerprint density at radius 3 is 2.29 bits per heavy atom. The third-order valence-corrected chi connectivity index (χ3v) is 2.68. The van der Waals surface area contributed by atoms with Crippen LogP contribution >= 0.6 is 0 Å². The summed E-state index contributed by atoms with van der Waals surface area (Å²) in [5.74, 6) is 0.557. The van der Waals surface area contributed by atoms with Crippen molar-refractivity contribution in [2.75, 3.05) is 0 Å². The fourth-order valence-electron chi connectivity index (χ4n) is 1.76. The molecule has 1 aliphatic heterocycles. The van der Waals surface area contributed by atoms with Gasteiger partial charge in [-0.25, -0.2) is 0 Å². The first-order valence-corrected chi connectivity index (χ1v) is 6.47. The van der Waals surface area contributed by atoms with Crippen molar-refractivity contribution in [2.45, 2.75) is 33.7 Å². The van der Waals surface area contributed by atoms with Crippen molar-refractivity contribution in [1.29, 1.82) is 0 Å². The van der Waals surface area contributed by atoms with Crippen LogP contribution < -0.4 is 5.32 Å². The van der Waals surface area contributed by atoms with Crippen LogP contribution in [-0.2, 0) is 0 Å². The van der Waals surface area contributed by atoms with E-state index in [1.54, 1.807) is 0 Å². The number of hydrogen-bond acceptors (Lipinski definition) is 1. The Morgan fingerprint density at radius 1 is 1.06 bits per heavy atom. The molecule has 0 amide bonds. The quantitative estimate of drug-likeness (QED) is 0.790. The number of benzene rings is 1. The highest BCUT2D eigenvalue weighted by atomic mass is 14.9. The number of dihydropyridines is 1. The Kier molecular flexibility index (Phi) is 5.55. The van der Waals surface area contributed by atoms with Crippen molar-refractivity contribution in [2.24, 2.45) is 5.92 Å². The van der Waals surface area contributed by atoms with E-state index in [0.717, 1.165) is 0 Å². The van der Waals surface area contributed by atoms with E-state index in [9.17, 15) is 0 Å². The van der Waals surface area contributed by atoms with Gasteiger partial charge in [-0.2, -0.15) is 0 Å². The van der Waals surface area contributed by atoms with Gasteiger partial charge in [0.1, 0.15) is 0 Å². The largest absolute Gasteiger partial charge is 0.378 e. The molecule has 2 rings (SSSR count). The third-order valence-electron chi connectivity index (χ3n) is 2.68. The van der Waals surface area contributed by atoms with E-state index in [1.807, 2.05) is 13.8 Å². The maximum absolute atomic E-state index is 3.54. The van der Waals surface area contributed by atoms with E-state index in [2.05, 4.69) is 67.7 Å². The molecule has 1 aliphatic rings. The van der Waals surface area contributed by atoms with Crippen LogP contribution in [0.25, 0.3) is 0 Å². The second-order valence-corrected chi connectivity index (χ2v) is 4.19. The molecule has 1 unspecified atom stereocenters. The molecule has 1 nitrogen and oxygen atoms in total. The fraction of sp³-hybridized carbons (Fsp3) is 0.375. The van der Waals surface area contributed by atoms with Crippen LogP contribution in [0.3, 0.4) is 0 Å². The summed E-state index contributed by atoms with van der Waals surface area (Å²) in [6.45, 7) is 8.42. The zero-order chi connectivity index (χ0) is 12.7. The van der Waals surface area contributed by atoms with Gasteiger partial charge >= 0.3 is 0 Å². The molecule has 0 saturated heterocycles. The lowest BCUT2D eigenvalue weighted by atomic mass is 10.0. The van der Waals surface area contributed by atoms with Gasteiger partial charge in [-0.3, -0.25) is 0 Å². The molecule has 17 heavy (non-hydrogen) atoms. The second-order valence-electron chi connectivity index (χ2n) is 4.19. The first kappa shape index (κ1) is 13.6. The lowest BCUT2D eigenvalue weighted by Crippen LogP contribution is -2.24. The minimum absolute atomic E-state index is 0.327. The number of hydrogen-bond donors (Lipinski definition) is 1. The molecule has 0 bridgehead atoms.